The lowest BCUT2D eigenvalue weighted by Crippen LogP contribution is -2.42. The molecule has 1 unspecified atom stereocenters. The van der Waals surface area contributed by atoms with Gasteiger partial charge >= 0.3 is 0 Å². The first kappa shape index (κ1) is 15.1. The zero-order valence-electron chi connectivity index (χ0n) is 11.6. The molecule has 0 saturated carbocycles. The van der Waals surface area contributed by atoms with Crippen molar-refractivity contribution in [2.75, 3.05) is 6.61 Å². The third-order valence-corrected chi connectivity index (χ3v) is 2.72. The minimum Gasteiger partial charge on any atom is -0.374 e. The van der Waals surface area contributed by atoms with Crippen molar-refractivity contribution in [2.24, 2.45) is 5.84 Å². The van der Waals surface area contributed by atoms with E-state index in [9.17, 15) is 4.39 Å². The average Bonchev–Trinajstić information content (AvgIpc) is 2.25. The van der Waals surface area contributed by atoms with Gasteiger partial charge in [-0.25, -0.2) is 4.39 Å². The van der Waals surface area contributed by atoms with E-state index in [2.05, 4.69) is 5.43 Å². The van der Waals surface area contributed by atoms with E-state index in [0.29, 0.717) is 6.61 Å². The molecule has 0 heterocycles. The van der Waals surface area contributed by atoms with Crippen LogP contribution in [0.25, 0.3) is 0 Å². The zero-order valence-corrected chi connectivity index (χ0v) is 11.6. The van der Waals surface area contributed by atoms with Crippen molar-refractivity contribution in [1.29, 1.82) is 0 Å². The minimum atomic E-state index is -0.209. The highest BCUT2D eigenvalue weighted by atomic mass is 19.1. The van der Waals surface area contributed by atoms with E-state index in [1.807, 2.05) is 27.7 Å². The van der Waals surface area contributed by atoms with Gasteiger partial charge in [-0.2, -0.15) is 0 Å². The van der Waals surface area contributed by atoms with Crippen LogP contribution in [0.3, 0.4) is 0 Å². The number of rotatable bonds is 5. The molecule has 3 nitrogen and oxygen atoms in total. The predicted octanol–water partition coefficient (Wildman–Crippen LogP) is 2.32. The molecular weight excluding hydrogens is 231 g/mol. The van der Waals surface area contributed by atoms with Crippen LogP contribution >= 0.6 is 0 Å². The summed E-state index contributed by atoms with van der Waals surface area (Å²) in [6.45, 7) is 8.44. The van der Waals surface area contributed by atoms with Gasteiger partial charge in [0.15, 0.2) is 0 Å². The van der Waals surface area contributed by atoms with Crippen LogP contribution in [0.5, 0.6) is 0 Å². The summed E-state index contributed by atoms with van der Waals surface area (Å²) in [7, 11) is 0. The second-order valence-corrected chi connectivity index (χ2v) is 5.56. The third-order valence-electron chi connectivity index (χ3n) is 2.72. The molecule has 0 amide bonds. The smallest absolute Gasteiger partial charge is 0.123 e. The number of hydrogen-bond acceptors (Lipinski definition) is 3. The number of hydrogen-bond donors (Lipinski definition) is 2. The Labute approximate surface area is 108 Å². The molecule has 0 bridgehead atoms. The van der Waals surface area contributed by atoms with Crippen molar-refractivity contribution < 1.29 is 9.13 Å². The molecular formula is C14H23FN2O. The maximum Gasteiger partial charge on any atom is 0.123 e. The van der Waals surface area contributed by atoms with Crippen molar-refractivity contribution in [1.82, 2.24) is 5.43 Å². The highest BCUT2D eigenvalue weighted by Crippen LogP contribution is 2.14. The summed E-state index contributed by atoms with van der Waals surface area (Å²) < 4.78 is 18.7. The lowest BCUT2D eigenvalue weighted by molar-refractivity contribution is -0.0143. The molecule has 1 aromatic carbocycles. The zero-order chi connectivity index (χ0) is 13.8. The molecule has 0 aliphatic carbocycles. The topological polar surface area (TPSA) is 47.3 Å². The molecule has 0 aliphatic heterocycles. The van der Waals surface area contributed by atoms with Crippen LogP contribution in [0.4, 0.5) is 4.39 Å². The molecule has 4 heteroatoms. The molecule has 0 radical (unpaired) electrons. The van der Waals surface area contributed by atoms with E-state index in [4.69, 9.17) is 10.6 Å². The van der Waals surface area contributed by atoms with Crippen LogP contribution in [0.1, 0.15) is 31.9 Å². The largest absolute Gasteiger partial charge is 0.374 e. The quantitative estimate of drug-likeness (QED) is 0.626. The van der Waals surface area contributed by atoms with E-state index in [-0.39, 0.29) is 17.5 Å². The van der Waals surface area contributed by atoms with Crippen LogP contribution in [0, 0.1) is 12.7 Å². The van der Waals surface area contributed by atoms with E-state index in [0.717, 1.165) is 17.5 Å². The van der Waals surface area contributed by atoms with E-state index in [1.54, 1.807) is 6.07 Å². The molecule has 1 aromatic rings. The average molecular weight is 254 g/mol. The fourth-order valence-electron chi connectivity index (χ4n) is 1.67. The molecule has 0 fully saturated rings. The normalized spacial score (nSPS) is 13.7. The molecule has 0 aliphatic rings. The van der Waals surface area contributed by atoms with Gasteiger partial charge in [0, 0.05) is 6.04 Å². The standard InChI is InChI=1S/C14H23FN2O/c1-10-7-12(15)6-5-11(10)8-13(17-16)9-18-14(2,3)4/h5-7,13,17H,8-9,16H2,1-4H3. The summed E-state index contributed by atoms with van der Waals surface area (Å²) in [5.74, 6) is 5.32. The van der Waals surface area contributed by atoms with Crippen LogP contribution in [0.2, 0.25) is 0 Å². The second kappa shape index (κ2) is 6.27. The Morgan fingerprint density at radius 1 is 1.39 bits per heavy atom. The number of aryl methyl sites for hydroxylation is 1. The number of hydrazine groups is 1. The number of nitrogens with one attached hydrogen (secondary N) is 1. The number of ether oxygens (including phenoxy) is 1. The molecule has 0 aromatic heterocycles. The summed E-state index contributed by atoms with van der Waals surface area (Å²) in [4.78, 5) is 0. The van der Waals surface area contributed by atoms with Gasteiger partial charge in [-0.1, -0.05) is 6.07 Å². The second-order valence-electron chi connectivity index (χ2n) is 5.56. The van der Waals surface area contributed by atoms with Crippen molar-refractivity contribution >= 4 is 0 Å². The summed E-state index contributed by atoms with van der Waals surface area (Å²) in [5.41, 5.74) is 4.58. The van der Waals surface area contributed by atoms with Crippen molar-refractivity contribution in [2.45, 2.75) is 45.8 Å². The monoisotopic (exact) mass is 254 g/mol. The number of benzene rings is 1. The summed E-state index contributed by atoms with van der Waals surface area (Å²) in [6.07, 6.45) is 0.721. The first-order chi connectivity index (χ1) is 8.31. The van der Waals surface area contributed by atoms with Gasteiger partial charge in [-0.15, -0.1) is 0 Å². The summed E-state index contributed by atoms with van der Waals surface area (Å²) in [5, 5.41) is 0. The van der Waals surface area contributed by atoms with Gasteiger partial charge in [0.2, 0.25) is 0 Å². The molecule has 0 saturated heterocycles. The molecule has 102 valence electrons. The van der Waals surface area contributed by atoms with E-state index in [1.165, 1.54) is 12.1 Å². The molecule has 18 heavy (non-hydrogen) atoms. The predicted molar refractivity (Wildman–Crippen MR) is 71.7 cm³/mol. The van der Waals surface area contributed by atoms with Gasteiger partial charge in [-0.3, -0.25) is 11.3 Å². The Morgan fingerprint density at radius 3 is 2.56 bits per heavy atom. The third kappa shape index (κ3) is 5.12. The first-order valence-corrected chi connectivity index (χ1v) is 6.17. The first-order valence-electron chi connectivity index (χ1n) is 6.17. The number of nitrogens with two attached hydrogens (primary N) is 1. The van der Waals surface area contributed by atoms with Gasteiger partial charge in [0.1, 0.15) is 5.82 Å². The van der Waals surface area contributed by atoms with Crippen molar-refractivity contribution in [3.05, 3.63) is 35.1 Å². The van der Waals surface area contributed by atoms with Crippen molar-refractivity contribution in [3.63, 3.8) is 0 Å². The molecule has 0 spiro atoms. The van der Waals surface area contributed by atoms with Gasteiger partial charge in [0.05, 0.1) is 12.2 Å². The fourth-order valence-corrected chi connectivity index (χ4v) is 1.67. The van der Waals surface area contributed by atoms with Crippen LogP contribution < -0.4 is 11.3 Å². The molecule has 1 rings (SSSR count). The highest BCUT2D eigenvalue weighted by Gasteiger charge is 2.15. The van der Waals surface area contributed by atoms with Crippen LogP contribution in [-0.4, -0.2) is 18.2 Å². The SMILES string of the molecule is Cc1cc(F)ccc1CC(COC(C)(C)C)NN. The Hall–Kier alpha value is -0.970. The Balaban J connectivity index is 2.62. The number of halogens is 1. The summed E-state index contributed by atoms with van der Waals surface area (Å²) in [6, 6.07) is 4.83. The maximum absolute atomic E-state index is 13.0. The van der Waals surface area contributed by atoms with Gasteiger partial charge in [-0.05, 0) is 57.4 Å². The van der Waals surface area contributed by atoms with Crippen molar-refractivity contribution in [3.8, 4) is 0 Å². The minimum absolute atomic E-state index is 0.0217. The highest BCUT2D eigenvalue weighted by molar-refractivity contribution is 5.27. The Bertz CT molecular complexity index is 388. The van der Waals surface area contributed by atoms with E-state index >= 15 is 0 Å². The van der Waals surface area contributed by atoms with Crippen LogP contribution in [0.15, 0.2) is 18.2 Å². The molecule has 1 atom stereocenters. The van der Waals surface area contributed by atoms with Gasteiger partial charge in [0.25, 0.3) is 0 Å². The van der Waals surface area contributed by atoms with Crippen LogP contribution in [-0.2, 0) is 11.2 Å². The maximum atomic E-state index is 13.0. The summed E-state index contributed by atoms with van der Waals surface area (Å²) >= 11 is 0. The van der Waals surface area contributed by atoms with E-state index < -0.39 is 0 Å². The Morgan fingerprint density at radius 2 is 2.06 bits per heavy atom. The fraction of sp³-hybridized carbons (Fsp3) is 0.571. The lowest BCUT2D eigenvalue weighted by Gasteiger charge is -2.24. The Kier molecular flexibility index (Phi) is 5.26. The lowest BCUT2D eigenvalue weighted by atomic mass is 10.0. The molecule has 3 N–H and O–H groups in total. The van der Waals surface area contributed by atoms with Gasteiger partial charge < -0.3 is 4.74 Å².